The maximum Gasteiger partial charge on any atom is 0.244 e. The number of hydrogen-bond donors (Lipinski definition) is 2. The van der Waals surface area contributed by atoms with Gasteiger partial charge in [-0.2, -0.15) is 0 Å². The van der Waals surface area contributed by atoms with E-state index in [1.54, 1.807) is 12.1 Å². The second-order valence-electron chi connectivity index (χ2n) is 6.44. The molecule has 144 valence electrons. The first-order valence-corrected chi connectivity index (χ1v) is 10.1. The minimum atomic E-state index is -3.73. The van der Waals surface area contributed by atoms with Gasteiger partial charge in [0.15, 0.2) is 0 Å². The van der Waals surface area contributed by atoms with E-state index >= 15 is 0 Å². The van der Waals surface area contributed by atoms with Gasteiger partial charge in [-0.05, 0) is 50.1 Å². The summed E-state index contributed by atoms with van der Waals surface area (Å²) in [5.41, 5.74) is 4.40. The third-order valence-corrected chi connectivity index (χ3v) is 6.08. The lowest BCUT2D eigenvalue weighted by atomic mass is 10.1. The second kappa shape index (κ2) is 7.62. The molecule has 0 fully saturated rings. The molecular formula is C20H24N2O4S. The molecule has 7 heteroatoms. The van der Waals surface area contributed by atoms with Gasteiger partial charge in [0, 0.05) is 29.2 Å². The molecular weight excluding hydrogens is 364 g/mol. The third-order valence-electron chi connectivity index (χ3n) is 4.60. The maximum atomic E-state index is 12.8. The normalized spacial score (nSPS) is 11.7. The summed E-state index contributed by atoms with van der Waals surface area (Å²) in [6.45, 7) is 4.33. The minimum absolute atomic E-state index is 0.0656. The van der Waals surface area contributed by atoms with E-state index < -0.39 is 10.0 Å². The van der Waals surface area contributed by atoms with E-state index in [1.807, 2.05) is 19.9 Å². The highest BCUT2D eigenvalue weighted by molar-refractivity contribution is 7.89. The standard InChI is InChI=1S/C20H24N2O4S/c1-13-5-7-18-17(11-13)16(14(2)22-18)9-10-21-27(23,24)20-12-15(25-3)6-8-19(20)26-4/h5-8,11-12,21-22H,9-10H2,1-4H3. The van der Waals surface area contributed by atoms with E-state index in [9.17, 15) is 8.42 Å². The first kappa shape index (κ1) is 19.3. The van der Waals surface area contributed by atoms with Gasteiger partial charge >= 0.3 is 0 Å². The second-order valence-corrected chi connectivity index (χ2v) is 8.18. The van der Waals surface area contributed by atoms with Crippen LogP contribution in [0.25, 0.3) is 10.9 Å². The highest BCUT2D eigenvalue weighted by Gasteiger charge is 2.20. The Hall–Kier alpha value is -2.51. The Kier molecular flexibility index (Phi) is 5.43. The van der Waals surface area contributed by atoms with Crippen molar-refractivity contribution in [3.8, 4) is 11.5 Å². The van der Waals surface area contributed by atoms with Crippen molar-refractivity contribution in [2.75, 3.05) is 20.8 Å². The zero-order valence-corrected chi connectivity index (χ0v) is 16.7. The zero-order chi connectivity index (χ0) is 19.6. The molecule has 0 amide bonds. The Bertz CT molecular complexity index is 1070. The number of H-pyrrole nitrogens is 1. The van der Waals surface area contributed by atoms with Crippen molar-refractivity contribution in [3.63, 3.8) is 0 Å². The van der Waals surface area contributed by atoms with Gasteiger partial charge in [-0.25, -0.2) is 13.1 Å². The number of hydrogen-bond acceptors (Lipinski definition) is 4. The van der Waals surface area contributed by atoms with Crippen molar-refractivity contribution >= 4 is 20.9 Å². The van der Waals surface area contributed by atoms with E-state index in [0.29, 0.717) is 12.2 Å². The minimum Gasteiger partial charge on any atom is -0.497 e. The fourth-order valence-corrected chi connectivity index (χ4v) is 4.41. The maximum absolute atomic E-state index is 12.8. The van der Waals surface area contributed by atoms with Gasteiger partial charge in [-0.1, -0.05) is 11.6 Å². The van der Waals surface area contributed by atoms with Crippen LogP contribution in [-0.4, -0.2) is 34.2 Å². The van der Waals surface area contributed by atoms with Crippen LogP contribution in [0.5, 0.6) is 11.5 Å². The summed E-state index contributed by atoms with van der Waals surface area (Å²) >= 11 is 0. The van der Waals surface area contributed by atoms with Gasteiger partial charge in [-0.3, -0.25) is 0 Å². The van der Waals surface area contributed by atoms with Crippen LogP contribution in [0, 0.1) is 13.8 Å². The molecule has 1 heterocycles. The molecule has 0 saturated heterocycles. The monoisotopic (exact) mass is 388 g/mol. The molecule has 27 heavy (non-hydrogen) atoms. The summed E-state index contributed by atoms with van der Waals surface area (Å²) in [4.78, 5) is 3.42. The van der Waals surface area contributed by atoms with E-state index in [1.165, 1.54) is 25.8 Å². The topological polar surface area (TPSA) is 80.4 Å². The van der Waals surface area contributed by atoms with Crippen LogP contribution in [0.15, 0.2) is 41.3 Å². The molecule has 2 N–H and O–H groups in total. The number of ether oxygens (including phenoxy) is 2. The Balaban J connectivity index is 1.81. The molecule has 0 saturated carbocycles. The highest BCUT2D eigenvalue weighted by atomic mass is 32.2. The predicted molar refractivity (Wildman–Crippen MR) is 106 cm³/mol. The Morgan fingerprint density at radius 3 is 2.52 bits per heavy atom. The van der Waals surface area contributed by atoms with E-state index in [0.717, 1.165) is 22.2 Å². The van der Waals surface area contributed by atoms with Gasteiger partial charge in [-0.15, -0.1) is 0 Å². The number of rotatable bonds is 7. The average molecular weight is 388 g/mol. The molecule has 0 aliphatic carbocycles. The number of benzene rings is 2. The van der Waals surface area contributed by atoms with Crippen LogP contribution in [0.4, 0.5) is 0 Å². The number of aryl methyl sites for hydroxylation is 2. The van der Waals surface area contributed by atoms with Crippen LogP contribution in [0.3, 0.4) is 0 Å². The summed E-state index contributed by atoms with van der Waals surface area (Å²) in [7, 11) is -0.792. The zero-order valence-electron chi connectivity index (χ0n) is 15.9. The van der Waals surface area contributed by atoms with Gasteiger partial charge in [0.2, 0.25) is 10.0 Å². The van der Waals surface area contributed by atoms with Crippen molar-refractivity contribution in [1.29, 1.82) is 0 Å². The van der Waals surface area contributed by atoms with Crippen molar-refractivity contribution in [2.24, 2.45) is 0 Å². The van der Waals surface area contributed by atoms with Crippen LogP contribution >= 0.6 is 0 Å². The molecule has 0 atom stereocenters. The van der Waals surface area contributed by atoms with Gasteiger partial charge in [0.1, 0.15) is 16.4 Å². The number of nitrogens with one attached hydrogen (secondary N) is 2. The molecule has 0 unspecified atom stereocenters. The molecule has 0 aliphatic rings. The summed E-state index contributed by atoms with van der Waals surface area (Å²) in [5, 5.41) is 1.13. The van der Waals surface area contributed by atoms with Crippen LogP contribution in [-0.2, 0) is 16.4 Å². The Morgan fingerprint density at radius 2 is 1.81 bits per heavy atom. The van der Waals surface area contributed by atoms with Crippen molar-refractivity contribution in [2.45, 2.75) is 25.2 Å². The predicted octanol–water partition coefficient (Wildman–Crippen LogP) is 3.32. The lowest BCUT2D eigenvalue weighted by Gasteiger charge is -2.12. The lowest BCUT2D eigenvalue weighted by Crippen LogP contribution is -2.26. The van der Waals surface area contributed by atoms with Crippen molar-refractivity contribution in [3.05, 3.63) is 53.2 Å². The quantitative estimate of drug-likeness (QED) is 0.651. The molecule has 3 rings (SSSR count). The lowest BCUT2D eigenvalue weighted by molar-refractivity contribution is 0.392. The van der Waals surface area contributed by atoms with Crippen LogP contribution in [0.2, 0.25) is 0 Å². The molecule has 0 aliphatic heterocycles. The SMILES string of the molecule is COc1ccc(OC)c(S(=O)(=O)NCCc2c(C)[nH]c3ccc(C)cc23)c1. The third kappa shape index (κ3) is 3.94. The Morgan fingerprint density at radius 1 is 1.04 bits per heavy atom. The Labute approximate surface area is 159 Å². The summed E-state index contributed by atoms with van der Waals surface area (Å²) in [6.07, 6.45) is 0.584. The molecule has 1 aromatic heterocycles. The summed E-state index contributed by atoms with van der Waals surface area (Å²) in [5.74, 6) is 0.737. The van der Waals surface area contributed by atoms with Gasteiger partial charge in [0.25, 0.3) is 0 Å². The molecule has 0 bridgehead atoms. The largest absolute Gasteiger partial charge is 0.497 e. The fraction of sp³-hybridized carbons (Fsp3) is 0.300. The van der Waals surface area contributed by atoms with Crippen molar-refractivity contribution < 1.29 is 17.9 Å². The average Bonchev–Trinajstić information content (AvgIpc) is 2.96. The van der Waals surface area contributed by atoms with Crippen molar-refractivity contribution in [1.82, 2.24) is 9.71 Å². The number of aromatic amines is 1. The van der Waals surface area contributed by atoms with Gasteiger partial charge < -0.3 is 14.5 Å². The number of sulfonamides is 1. The molecule has 0 radical (unpaired) electrons. The molecule has 2 aromatic carbocycles. The molecule has 6 nitrogen and oxygen atoms in total. The van der Waals surface area contributed by atoms with E-state index in [-0.39, 0.29) is 17.2 Å². The number of aromatic nitrogens is 1. The number of fused-ring (bicyclic) bond motifs is 1. The first-order valence-electron chi connectivity index (χ1n) is 8.65. The fourth-order valence-electron chi connectivity index (χ4n) is 3.20. The summed E-state index contributed by atoms with van der Waals surface area (Å²) < 4.78 is 38.5. The smallest absolute Gasteiger partial charge is 0.244 e. The number of methoxy groups -OCH3 is 2. The molecule has 3 aromatic rings. The van der Waals surface area contributed by atoms with E-state index in [2.05, 4.69) is 21.8 Å². The highest BCUT2D eigenvalue weighted by Crippen LogP contribution is 2.28. The first-order chi connectivity index (χ1) is 12.9. The molecule has 0 spiro atoms. The van der Waals surface area contributed by atoms with Gasteiger partial charge in [0.05, 0.1) is 14.2 Å². The van der Waals surface area contributed by atoms with Crippen LogP contribution < -0.4 is 14.2 Å². The van der Waals surface area contributed by atoms with Crippen LogP contribution in [0.1, 0.15) is 16.8 Å². The summed E-state index contributed by atoms with van der Waals surface area (Å²) in [6, 6.07) is 10.9. The van der Waals surface area contributed by atoms with E-state index in [4.69, 9.17) is 9.47 Å².